The molecule has 0 spiro atoms. The minimum atomic E-state index is -0.525. The topological polar surface area (TPSA) is 46.6 Å². The third-order valence-corrected chi connectivity index (χ3v) is 2.53. The minimum Gasteiger partial charge on any atom is -0.444 e. The normalized spacial score (nSPS) is 15.8. The smallest absolute Gasteiger partial charge is 0.410 e. The third-order valence-electron chi connectivity index (χ3n) is 2.53. The molecule has 0 N–H and O–H groups in total. The molecule has 0 atom stereocenters. The molecule has 18 heavy (non-hydrogen) atoms. The first kappa shape index (κ1) is 14.7. The van der Waals surface area contributed by atoms with Crippen LogP contribution in [0.4, 0.5) is 4.79 Å². The molecule has 0 aromatic carbocycles. The Balaban J connectivity index is 2.58. The van der Waals surface area contributed by atoms with E-state index in [1.807, 2.05) is 20.8 Å². The van der Waals surface area contributed by atoms with Gasteiger partial charge in [0.25, 0.3) is 0 Å². The highest BCUT2D eigenvalue weighted by Crippen LogP contribution is 2.30. The summed E-state index contributed by atoms with van der Waals surface area (Å²) in [6.07, 6.45) is 5.05. The Morgan fingerprint density at radius 1 is 1.33 bits per heavy atom. The zero-order valence-electron chi connectivity index (χ0n) is 11.7. The van der Waals surface area contributed by atoms with E-state index in [2.05, 4.69) is 0 Å². The van der Waals surface area contributed by atoms with E-state index in [-0.39, 0.29) is 12.3 Å². The molecule has 1 aliphatic carbocycles. The second-order valence-electron chi connectivity index (χ2n) is 5.77. The molecule has 0 aromatic heterocycles. The zero-order valence-corrected chi connectivity index (χ0v) is 11.7. The number of allylic oxidation sites excluding steroid dienone is 1. The second-order valence-corrected chi connectivity index (χ2v) is 5.77. The summed E-state index contributed by atoms with van der Waals surface area (Å²) >= 11 is 0. The summed E-state index contributed by atoms with van der Waals surface area (Å²) in [5.41, 5.74) is -0.525. The Labute approximate surface area is 109 Å². The maximum atomic E-state index is 12.0. The molecular formula is C14H23NO3. The second kappa shape index (κ2) is 6.03. The minimum absolute atomic E-state index is 0.0657. The average molecular weight is 253 g/mol. The van der Waals surface area contributed by atoms with Gasteiger partial charge in [0.15, 0.2) is 5.78 Å². The van der Waals surface area contributed by atoms with E-state index in [1.165, 1.54) is 11.0 Å². The third kappa shape index (κ3) is 5.84. The first-order chi connectivity index (χ1) is 8.31. The van der Waals surface area contributed by atoms with E-state index in [4.69, 9.17) is 4.74 Å². The van der Waals surface area contributed by atoms with Crippen molar-refractivity contribution in [3.05, 3.63) is 12.2 Å². The molecule has 1 rings (SSSR count). The van der Waals surface area contributed by atoms with Gasteiger partial charge in [-0.1, -0.05) is 6.08 Å². The van der Waals surface area contributed by atoms with Gasteiger partial charge in [-0.05, 0) is 52.5 Å². The van der Waals surface area contributed by atoms with Crippen LogP contribution in [0.3, 0.4) is 0 Å². The lowest BCUT2D eigenvalue weighted by molar-refractivity contribution is -0.115. The SMILES string of the molecule is C/C=C/C(=O)CN(CC1CC1)C(=O)OC(C)(C)C. The van der Waals surface area contributed by atoms with E-state index in [0.717, 1.165) is 12.8 Å². The maximum absolute atomic E-state index is 12.0. The molecule has 1 aliphatic rings. The molecule has 4 heteroatoms. The van der Waals surface area contributed by atoms with Gasteiger partial charge < -0.3 is 9.64 Å². The average Bonchev–Trinajstić information content (AvgIpc) is 2.98. The van der Waals surface area contributed by atoms with Crippen LogP contribution >= 0.6 is 0 Å². The van der Waals surface area contributed by atoms with Crippen molar-refractivity contribution in [3.63, 3.8) is 0 Å². The summed E-state index contributed by atoms with van der Waals surface area (Å²) in [4.78, 5) is 25.1. The van der Waals surface area contributed by atoms with Crippen LogP contribution < -0.4 is 0 Å². The molecule has 102 valence electrons. The van der Waals surface area contributed by atoms with Crippen molar-refractivity contribution in [2.45, 2.75) is 46.1 Å². The first-order valence-corrected chi connectivity index (χ1v) is 6.45. The lowest BCUT2D eigenvalue weighted by Gasteiger charge is -2.26. The number of carbonyl (C=O) groups is 2. The summed E-state index contributed by atoms with van der Waals surface area (Å²) in [6.45, 7) is 8.00. The molecule has 4 nitrogen and oxygen atoms in total. The fourth-order valence-electron chi connectivity index (χ4n) is 1.57. The Kier molecular flexibility index (Phi) is 4.93. The first-order valence-electron chi connectivity index (χ1n) is 6.45. The molecule has 0 unspecified atom stereocenters. The van der Waals surface area contributed by atoms with Gasteiger partial charge >= 0.3 is 6.09 Å². The van der Waals surface area contributed by atoms with Crippen molar-refractivity contribution >= 4 is 11.9 Å². The highest BCUT2D eigenvalue weighted by atomic mass is 16.6. The van der Waals surface area contributed by atoms with Crippen LogP contribution in [0.25, 0.3) is 0 Å². The van der Waals surface area contributed by atoms with Crippen LogP contribution in [0, 0.1) is 5.92 Å². The van der Waals surface area contributed by atoms with Gasteiger partial charge in [0.2, 0.25) is 0 Å². The highest BCUT2D eigenvalue weighted by Gasteiger charge is 2.30. The quantitative estimate of drug-likeness (QED) is 0.708. The number of rotatable bonds is 5. The standard InChI is InChI=1S/C14H23NO3/c1-5-6-12(16)10-15(9-11-7-8-11)13(17)18-14(2,3)4/h5-6,11H,7-10H2,1-4H3/b6-5+. The largest absolute Gasteiger partial charge is 0.444 e. The fourth-order valence-corrected chi connectivity index (χ4v) is 1.57. The summed E-state index contributed by atoms with van der Waals surface area (Å²) in [6, 6.07) is 0. The molecule has 0 heterocycles. The Morgan fingerprint density at radius 3 is 2.39 bits per heavy atom. The lowest BCUT2D eigenvalue weighted by Crippen LogP contribution is -2.40. The van der Waals surface area contributed by atoms with E-state index in [1.54, 1.807) is 13.0 Å². The van der Waals surface area contributed by atoms with E-state index < -0.39 is 11.7 Å². The number of amides is 1. The molecular weight excluding hydrogens is 230 g/mol. The van der Waals surface area contributed by atoms with Crippen molar-refractivity contribution in [1.82, 2.24) is 4.90 Å². The van der Waals surface area contributed by atoms with Crippen LogP contribution in [-0.4, -0.2) is 35.5 Å². The van der Waals surface area contributed by atoms with Gasteiger partial charge in [-0.25, -0.2) is 4.79 Å². The van der Waals surface area contributed by atoms with Crippen molar-refractivity contribution in [2.75, 3.05) is 13.1 Å². The Bertz CT molecular complexity index is 337. The molecule has 1 amide bonds. The molecule has 0 aromatic rings. The summed E-state index contributed by atoms with van der Waals surface area (Å²) < 4.78 is 5.32. The molecule has 0 radical (unpaired) electrons. The molecule has 0 aliphatic heterocycles. The van der Waals surface area contributed by atoms with Gasteiger partial charge in [0, 0.05) is 6.54 Å². The molecule has 1 fully saturated rings. The highest BCUT2D eigenvalue weighted by molar-refractivity contribution is 5.93. The Morgan fingerprint density at radius 2 is 1.94 bits per heavy atom. The molecule has 1 saturated carbocycles. The van der Waals surface area contributed by atoms with Gasteiger partial charge in [-0.2, -0.15) is 0 Å². The number of ether oxygens (including phenoxy) is 1. The van der Waals surface area contributed by atoms with Crippen LogP contribution in [0.2, 0.25) is 0 Å². The number of hydrogen-bond donors (Lipinski definition) is 0. The van der Waals surface area contributed by atoms with Crippen LogP contribution in [0.15, 0.2) is 12.2 Å². The van der Waals surface area contributed by atoms with Crippen molar-refractivity contribution in [2.24, 2.45) is 5.92 Å². The van der Waals surface area contributed by atoms with Gasteiger partial charge in [0.05, 0.1) is 6.54 Å². The number of carbonyl (C=O) groups excluding carboxylic acids is 2. The summed E-state index contributed by atoms with van der Waals surface area (Å²) in [5.74, 6) is 0.472. The van der Waals surface area contributed by atoms with Gasteiger partial charge in [-0.3, -0.25) is 4.79 Å². The lowest BCUT2D eigenvalue weighted by atomic mass is 10.2. The van der Waals surface area contributed by atoms with Gasteiger partial charge in [-0.15, -0.1) is 0 Å². The molecule has 0 bridgehead atoms. The summed E-state index contributed by atoms with van der Waals surface area (Å²) in [7, 11) is 0. The van der Waals surface area contributed by atoms with E-state index >= 15 is 0 Å². The monoisotopic (exact) mass is 253 g/mol. The van der Waals surface area contributed by atoms with Crippen molar-refractivity contribution < 1.29 is 14.3 Å². The maximum Gasteiger partial charge on any atom is 0.410 e. The van der Waals surface area contributed by atoms with E-state index in [0.29, 0.717) is 12.5 Å². The van der Waals surface area contributed by atoms with E-state index in [9.17, 15) is 9.59 Å². The number of ketones is 1. The fraction of sp³-hybridized carbons (Fsp3) is 0.714. The Hall–Kier alpha value is -1.32. The number of nitrogens with zero attached hydrogens (tertiary/aromatic N) is 1. The van der Waals surface area contributed by atoms with Crippen LogP contribution in [0.1, 0.15) is 40.5 Å². The van der Waals surface area contributed by atoms with Crippen LogP contribution in [0.5, 0.6) is 0 Å². The van der Waals surface area contributed by atoms with Crippen LogP contribution in [-0.2, 0) is 9.53 Å². The van der Waals surface area contributed by atoms with Crippen molar-refractivity contribution in [3.8, 4) is 0 Å². The van der Waals surface area contributed by atoms with Crippen molar-refractivity contribution in [1.29, 1.82) is 0 Å². The summed E-state index contributed by atoms with van der Waals surface area (Å²) in [5, 5.41) is 0. The zero-order chi connectivity index (χ0) is 13.8. The predicted octanol–water partition coefficient (Wildman–Crippen LogP) is 2.78. The molecule has 0 saturated heterocycles. The van der Waals surface area contributed by atoms with Gasteiger partial charge in [0.1, 0.15) is 5.60 Å². The number of hydrogen-bond acceptors (Lipinski definition) is 3. The predicted molar refractivity (Wildman–Crippen MR) is 70.4 cm³/mol.